The van der Waals surface area contributed by atoms with Crippen molar-refractivity contribution in [3.8, 4) is 11.5 Å². The standard InChI is InChI=1S/C25H33NO4/c1-22(2,28)17-13-23-8-9-25(17,29-3)21-24(23)10-11-26(15-5-6-15)18(23)12-14-4-7-16(27)20(30-21)19(14)24/h4,7,15,17-18,21,27-28H,5-6,8-13H2,1-3H3/t17-,18-,21-,23-,24+,25-/m1/s1. The number of fused-ring (bicyclic) bond motifs is 2. The molecule has 6 atom stereocenters. The highest BCUT2D eigenvalue weighted by Crippen LogP contribution is 2.77. The van der Waals surface area contributed by atoms with Gasteiger partial charge in [-0.25, -0.2) is 0 Å². The molecule has 1 saturated heterocycles. The molecule has 0 aromatic heterocycles. The van der Waals surface area contributed by atoms with E-state index in [1.807, 2.05) is 19.9 Å². The van der Waals surface area contributed by atoms with Crippen LogP contribution in [0, 0.1) is 11.3 Å². The van der Waals surface area contributed by atoms with Gasteiger partial charge in [0, 0.05) is 41.5 Å². The molecule has 4 bridgehead atoms. The summed E-state index contributed by atoms with van der Waals surface area (Å²) in [6.45, 7) is 5.01. The molecule has 0 radical (unpaired) electrons. The van der Waals surface area contributed by atoms with E-state index in [2.05, 4.69) is 11.0 Å². The van der Waals surface area contributed by atoms with Crippen LogP contribution in [-0.4, -0.2) is 58.2 Å². The minimum absolute atomic E-state index is 0.0153. The predicted molar refractivity (Wildman–Crippen MR) is 112 cm³/mol. The van der Waals surface area contributed by atoms with Crippen molar-refractivity contribution in [1.82, 2.24) is 4.90 Å². The number of hydrogen-bond donors (Lipinski definition) is 2. The first-order valence-electron chi connectivity index (χ1n) is 11.8. The van der Waals surface area contributed by atoms with E-state index in [1.54, 1.807) is 7.11 Å². The summed E-state index contributed by atoms with van der Waals surface area (Å²) in [4.78, 5) is 2.82. The van der Waals surface area contributed by atoms with Crippen LogP contribution in [-0.2, 0) is 16.6 Å². The van der Waals surface area contributed by atoms with Gasteiger partial charge in [0.05, 0.1) is 5.60 Å². The molecule has 0 amide bonds. The number of rotatable bonds is 3. The molecule has 5 nitrogen and oxygen atoms in total. The number of hydrogen-bond acceptors (Lipinski definition) is 5. The summed E-state index contributed by atoms with van der Waals surface area (Å²) in [7, 11) is 1.81. The fourth-order valence-electron chi connectivity index (χ4n) is 9.16. The van der Waals surface area contributed by atoms with Gasteiger partial charge in [0.2, 0.25) is 0 Å². The fraction of sp³-hybridized carbons (Fsp3) is 0.760. The molecule has 5 heteroatoms. The highest BCUT2D eigenvalue weighted by atomic mass is 16.6. The van der Waals surface area contributed by atoms with Crippen LogP contribution in [0.4, 0.5) is 0 Å². The summed E-state index contributed by atoms with van der Waals surface area (Å²) in [5.74, 6) is 0.989. The molecule has 162 valence electrons. The first kappa shape index (κ1) is 18.3. The molecule has 2 heterocycles. The lowest BCUT2D eigenvalue weighted by atomic mass is 9.34. The minimum Gasteiger partial charge on any atom is -0.504 e. The number of aliphatic hydroxyl groups is 1. The van der Waals surface area contributed by atoms with Gasteiger partial charge in [0.15, 0.2) is 11.5 Å². The van der Waals surface area contributed by atoms with Crippen LogP contribution in [0.3, 0.4) is 0 Å². The van der Waals surface area contributed by atoms with Crippen molar-refractivity contribution in [3.05, 3.63) is 23.3 Å². The van der Waals surface area contributed by atoms with Crippen molar-refractivity contribution in [2.45, 2.75) is 93.6 Å². The van der Waals surface area contributed by atoms with E-state index in [-0.39, 0.29) is 28.6 Å². The molecule has 2 aliphatic heterocycles. The number of phenolic OH excluding ortho intramolecular Hbond substituents is 1. The molecule has 1 aromatic rings. The third-order valence-corrected chi connectivity index (χ3v) is 10.3. The second-order valence-electron chi connectivity index (χ2n) is 11.6. The second kappa shape index (κ2) is 5.19. The molecule has 7 aliphatic rings. The van der Waals surface area contributed by atoms with Crippen molar-refractivity contribution in [3.63, 3.8) is 0 Å². The van der Waals surface area contributed by atoms with Crippen molar-refractivity contribution in [1.29, 1.82) is 0 Å². The summed E-state index contributed by atoms with van der Waals surface area (Å²) >= 11 is 0. The zero-order chi connectivity index (χ0) is 20.7. The molecule has 4 saturated carbocycles. The van der Waals surface area contributed by atoms with Crippen LogP contribution >= 0.6 is 0 Å². The number of aromatic hydroxyl groups is 1. The Hall–Kier alpha value is -1.30. The number of nitrogens with zero attached hydrogens (tertiary/aromatic N) is 1. The smallest absolute Gasteiger partial charge is 0.165 e. The third-order valence-electron chi connectivity index (χ3n) is 10.3. The van der Waals surface area contributed by atoms with E-state index >= 15 is 0 Å². The van der Waals surface area contributed by atoms with Gasteiger partial charge < -0.3 is 19.7 Å². The molecule has 0 unspecified atom stereocenters. The Morgan fingerprint density at radius 1 is 1.20 bits per heavy atom. The van der Waals surface area contributed by atoms with Gasteiger partial charge in [-0.05, 0) is 77.0 Å². The number of likely N-dealkylation sites (tertiary alicyclic amines) is 1. The van der Waals surface area contributed by atoms with Gasteiger partial charge in [0.25, 0.3) is 0 Å². The Balaban J connectivity index is 1.53. The largest absolute Gasteiger partial charge is 0.504 e. The average molecular weight is 412 g/mol. The van der Waals surface area contributed by atoms with Crippen LogP contribution in [0.15, 0.2) is 12.1 Å². The first-order valence-corrected chi connectivity index (χ1v) is 11.8. The van der Waals surface area contributed by atoms with Crippen molar-refractivity contribution in [2.24, 2.45) is 11.3 Å². The summed E-state index contributed by atoms with van der Waals surface area (Å²) in [6, 6.07) is 5.20. The highest BCUT2D eigenvalue weighted by molar-refractivity contribution is 5.63. The Bertz CT molecular complexity index is 951. The van der Waals surface area contributed by atoms with E-state index in [1.165, 1.54) is 24.0 Å². The van der Waals surface area contributed by atoms with Crippen LogP contribution in [0.5, 0.6) is 11.5 Å². The summed E-state index contributed by atoms with van der Waals surface area (Å²) in [5.41, 5.74) is 1.26. The maximum atomic E-state index is 11.3. The maximum absolute atomic E-state index is 11.3. The zero-order valence-corrected chi connectivity index (χ0v) is 18.3. The summed E-state index contributed by atoms with van der Waals surface area (Å²) in [6.07, 6.45) is 7.63. The number of benzene rings is 1. The molecule has 1 aromatic carbocycles. The third kappa shape index (κ3) is 1.74. The fourth-order valence-corrected chi connectivity index (χ4v) is 9.16. The SMILES string of the molecule is CO[C@]12CC[C@@]3(C[C@@H]1C(C)(C)O)[C@H]1Cc4ccc(O)c5c4[C@@]3(CCN1C1CC1)[C@H]2O5. The molecule has 8 rings (SSSR count). The predicted octanol–water partition coefficient (Wildman–Crippen LogP) is 3.14. The van der Waals surface area contributed by atoms with Crippen LogP contribution in [0.2, 0.25) is 0 Å². The summed E-state index contributed by atoms with van der Waals surface area (Å²) < 4.78 is 13.2. The lowest BCUT2D eigenvalue weighted by Gasteiger charge is -2.75. The van der Waals surface area contributed by atoms with E-state index < -0.39 is 11.2 Å². The molecular weight excluding hydrogens is 378 g/mol. The van der Waals surface area contributed by atoms with Crippen molar-refractivity contribution in [2.75, 3.05) is 13.7 Å². The van der Waals surface area contributed by atoms with Gasteiger partial charge in [-0.2, -0.15) is 0 Å². The number of ether oxygens (including phenoxy) is 2. The van der Waals surface area contributed by atoms with E-state index in [0.29, 0.717) is 11.8 Å². The molecular formula is C25H33NO4. The number of phenols is 1. The minimum atomic E-state index is -0.843. The van der Waals surface area contributed by atoms with Crippen molar-refractivity contribution >= 4 is 0 Å². The van der Waals surface area contributed by atoms with Gasteiger partial charge in [-0.3, -0.25) is 4.90 Å². The van der Waals surface area contributed by atoms with E-state index in [4.69, 9.17) is 9.47 Å². The van der Waals surface area contributed by atoms with Crippen molar-refractivity contribution < 1.29 is 19.7 Å². The van der Waals surface area contributed by atoms with Gasteiger partial charge >= 0.3 is 0 Å². The highest BCUT2D eigenvalue weighted by Gasteiger charge is 2.82. The lowest BCUT2D eigenvalue weighted by Crippen LogP contribution is -2.82. The van der Waals surface area contributed by atoms with E-state index in [9.17, 15) is 10.2 Å². The summed E-state index contributed by atoms with van der Waals surface area (Å²) in [5, 5.41) is 22.1. The molecule has 2 spiro atoms. The van der Waals surface area contributed by atoms with Gasteiger partial charge in [-0.1, -0.05) is 6.07 Å². The van der Waals surface area contributed by atoms with E-state index in [0.717, 1.165) is 44.7 Å². The Kier molecular flexibility index (Phi) is 3.16. The Morgan fingerprint density at radius 3 is 2.70 bits per heavy atom. The Labute approximate surface area is 178 Å². The van der Waals surface area contributed by atoms with Crippen LogP contribution in [0.1, 0.15) is 63.5 Å². The molecule has 30 heavy (non-hydrogen) atoms. The Morgan fingerprint density at radius 2 is 2.00 bits per heavy atom. The zero-order valence-electron chi connectivity index (χ0n) is 18.3. The van der Waals surface area contributed by atoms with Crippen LogP contribution in [0.25, 0.3) is 0 Å². The molecule has 2 N–H and O–H groups in total. The van der Waals surface area contributed by atoms with Gasteiger partial charge in [0.1, 0.15) is 11.7 Å². The number of methoxy groups -OCH3 is 1. The number of piperidine rings is 1. The maximum Gasteiger partial charge on any atom is 0.165 e. The average Bonchev–Trinajstić information content (AvgIpc) is 3.48. The molecule has 5 aliphatic carbocycles. The normalized spacial score (nSPS) is 45.9. The monoisotopic (exact) mass is 411 g/mol. The van der Waals surface area contributed by atoms with Crippen LogP contribution < -0.4 is 4.74 Å². The molecule has 5 fully saturated rings. The second-order valence-corrected chi connectivity index (χ2v) is 11.6. The quantitative estimate of drug-likeness (QED) is 0.800. The first-order chi connectivity index (χ1) is 14.3. The lowest BCUT2D eigenvalue weighted by molar-refractivity contribution is -0.300. The topological polar surface area (TPSA) is 62.2 Å². The van der Waals surface area contributed by atoms with Gasteiger partial charge in [-0.15, -0.1) is 0 Å².